The van der Waals surface area contributed by atoms with Crippen LogP contribution in [-0.2, 0) is 11.2 Å². The predicted molar refractivity (Wildman–Crippen MR) is 71.7 cm³/mol. The number of nitrogens with zero attached hydrogens (tertiary/aromatic N) is 1. The van der Waals surface area contributed by atoms with Crippen molar-refractivity contribution in [3.05, 3.63) is 30.1 Å². The van der Waals surface area contributed by atoms with Crippen LogP contribution in [0.25, 0.3) is 0 Å². The zero-order chi connectivity index (χ0) is 13.1. The van der Waals surface area contributed by atoms with E-state index in [0.717, 1.165) is 6.42 Å². The Kier molecular flexibility index (Phi) is 4.32. The third-order valence-electron chi connectivity index (χ3n) is 4.18. The van der Waals surface area contributed by atoms with Gasteiger partial charge in [0.25, 0.3) is 0 Å². The molecule has 18 heavy (non-hydrogen) atoms. The number of nitrogens with two attached hydrogens (primary N) is 1. The third-order valence-corrected chi connectivity index (χ3v) is 4.18. The molecule has 0 aromatic carbocycles. The van der Waals surface area contributed by atoms with Gasteiger partial charge < -0.3 is 4.74 Å². The first-order chi connectivity index (χ1) is 8.63. The van der Waals surface area contributed by atoms with Crippen molar-refractivity contribution in [2.24, 2.45) is 17.7 Å². The maximum absolute atomic E-state index is 5.90. The first-order valence-corrected chi connectivity index (χ1v) is 6.64. The lowest BCUT2D eigenvalue weighted by Crippen LogP contribution is -2.46. The SMILES string of the molecule is CC1OC(C)C(C(Cc2cccnc2)NN)C1C. The van der Waals surface area contributed by atoms with Gasteiger partial charge in [0.15, 0.2) is 0 Å². The number of aromatic nitrogens is 1. The molecule has 3 N–H and O–H groups in total. The minimum Gasteiger partial charge on any atom is -0.375 e. The standard InChI is InChI=1S/C14H23N3O/c1-9-10(2)18-11(3)14(9)13(17-15)7-12-5-4-6-16-8-12/h4-6,8-11,13-14,17H,7,15H2,1-3H3. The van der Waals surface area contributed by atoms with Crippen LogP contribution in [0.15, 0.2) is 24.5 Å². The van der Waals surface area contributed by atoms with Crippen LogP contribution in [0.4, 0.5) is 0 Å². The van der Waals surface area contributed by atoms with E-state index in [0.29, 0.717) is 17.9 Å². The Morgan fingerprint density at radius 1 is 1.39 bits per heavy atom. The Bertz CT molecular complexity index is 371. The minimum atomic E-state index is 0.226. The Balaban J connectivity index is 2.09. The maximum Gasteiger partial charge on any atom is 0.0597 e. The summed E-state index contributed by atoms with van der Waals surface area (Å²) in [6.07, 6.45) is 5.13. The summed E-state index contributed by atoms with van der Waals surface area (Å²) in [5.41, 5.74) is 4.17. The summed E-state index contributed by atoms with van der Waals surface area (Å²) in [6, 6.07) is 4.28. The highest BCUT2D eigenvalue weighted by atomic mass is 16.5. The normalized spacial score (nSPS) is 33.6. The Morgan fingerprint density at radius 3 is 2.67 bits per heavy atom. The fraction of sp³-hybridized carbons (Fsp3) is 0.643. The molecular formula is C14H23N3O. The molecule has 1 saturated heterocycles. The molecule has 1 aliphatic heterocycles. The lowest BCUT2D eigenvalue weighted by atomic mass is 9.81. The summed E-state index contributed by atoms with van der Waals surface area (Å²) >= 11 is 0. The van der Waals surface area contributed by atoms with Gasteiger partial charge >= 0.3 is 0 Å². The van der Waals surface area contributed by atoms with Gasteiger partial charge in [-0.05, 0) is 37.8 Å². The molecule has 1 fully saturated rings. The van der Waals surface area contributed by atoms with Gasteiger partial charge in [0, 0.05) is 24.4 Å². The van der Waals surface area contributed by atoms with Crippen molar-refractivity contribution in [2.45, 2.75) is 45.4 Å². The van der Waals surface area contributed by atoms with Gasteiger partial charge in [-0.2, -0.15) is 0 Å². The smallest absolute Gasteiger partial charge is 0.0597 e. The molecule has 4 nitrogen and oxygen atoms in total. The topological polar surface area (TPSA) is 60.2 Å². The second kappa shape index (κ2) is 5.78. The van der Waals surface area contributed by atoms with Crippen LogP contribution in [0, 0.1) is 11.8 Å². The predicted octanol–water partition coefficient (Wildman–Crippen LogP) is 1.52. The molecular weight excluding hydrogens is 226 g/mol. The molecule has 100 valence electrons. The molecule has 0 saturated carbocycles. The van der Waals surface area contributed by atoms with E-state index in [4.69, 9.17) is 10.6 Å². The van der Waals surface area contributed by atoms with Gasteiger partial charge in [0.2, 0.25) is 0 Å². The van der Waals surface area contributed by atoms with Gasteiger partial charge in [-0.25, -0.2) is 0 Å². The molecule has 2 rings (SSSR count). The summed E-state index contributed by atoms with van der Waals surface area (Å²) in [5.74, 6) is 6.69. The van der Waals surface area contributed by atoms with Crippen LogP contribution in [0.3, 0.4) is 0 Å². The molecule has 4 heteroatoms. The zero-order valence-corrected chi connectivity index (χ0v) is 11.3. The Morgan fingerprint density at radius 2 is 2.17 bits per heavy atom. The number of hydrogen-bond donors (Lipinski definition) is 2. The van der Waals surface area contributed by atoms with Gasteiger partial charge in [-0.3, -0.25) is 16.3 Å². The molecule has 0 aliphatic carbocycles. The summed E-state index contributed by atoms with van der Waals surface area (Å²) < 4.78 is 5.90. The quantitative estimate of drug-likeness (QED) is 0.627. The zero-order valence-electron chi connectivity index (χ0n) is 11.3. The van der Waals surface area contributed by atoms with Crippen LogP contribution < -0.4 is 11.3 Å². The fourth-order valence-electron chi connectivity index (χ4n) is 3.07. The molecule has 0 bridgehead atoms. The average molecular weight is 249 g/mol. The van der Waals surface area contributed by atoms with Crippen molar-refractivity contribution in [1.82, 2.24) is 10.4 Å². The van der Waals surface area contributed by atoms with Gasteiger partial charge in [0.1, 0.15) is 0 Å². The highest BCUT2D eigenvalue weighted by Gasteiger charge is 2.41. The number of rotatable bonds is 4. The lowest BCUT2D eigenvalue weighted by molar-refractivity contribution is 0.0476. The fourth-order valence-corrected chi connectivity index (χ4v) is 3.07. The van der Waals surface area contributed by atoms with Crippen molar-refractivity contribution < 1.29 is 4.74 Å². The molecule has 0 amide bonds. The highest BCUT2D eigenvalue weighted by molar-refractivity contribution is 5.11. The summed E-state index contributed by atoms with van der Waals surface area (Å²) in [6.45, 7) is 6.52. The molecule has 5 unspecified atom stereocenters. The van der Waals surface area contributed by atoms with E-state index in [-0.39, 0.29) is 12.1 Å². The van der Waals surface area contributed by atoms with Gasteiger partial charge in [0.05, 0.1) is 12.2 Å². The van der Waals surface area contributed by atoms with Crippen molar-refractivity contribution in [1.29, 1.82) is 0 Å². The van der Waals surface area contributed by atoms with Crippen LogP contribution in [-0.4, -0.2) is 23.2 Å². The van der Waals surface area contributed by atoms with E-state index in [1.165, 1.54) is 5.56 Å². The number of hydrogen-bond acceptors (Lipinski definition) is 4. The van der Waals surface area contributed by atoms with E-state index in [1.54, 1.807) is 6.20 Å². The van der Waals surface area contributed by atoms with Crippen LogP contribution in [0.2, 0.25) is 0 Å². The molecule has 5 atom stereocenters. The molecule has 1 aliphatic rings. The first-order valence-electron chi connectivity index (χ1n) is 6.64. The van der Waals surface area contributed by atoms with E-state index < -0.39 is 0 Å². The number of hydrazine groups is 1. The summed E-state index contributed by atoms with van der Waals surface area (Å²) in [7, 11) is 0. The largest absolute Gasteiger partial charge is 0.375 e. The summed E-state index contributed by atoms with van der Waals surface area (Å²) in [5, 5.41) is 0. The number of pyridine rings is 1. The molecule has 0 radical (unpaired) electrons. The van der Waals surface area contributed by atoms with Crippen molar-refractivity contribution in [2.75, 3.05) is 0 Å². The first kappa shape index (κ1) is 13.5. The number of ether oxygens (including phenoxy) is 1. The third kappa shape index (κ3) is 2.71. The van der Waals surface area contributed by atoms with Gasteiger partial charge in [-0.1, -0.05) is 13.0 Å². The molecule has 0 spiro atoms. The molecule has 2 heterocycles. The Labute approximate surface area is 109 Å². The van der Waals surface area contributed by atoms with E-state index in [2.05, 4.69) is 37.2 Å². The second-order valence-corrected chi connectivity index (χ2v) is 5.32. The minimum absolute atomic E-state index is 0.226. The lowest BCUT2D eigenvalue weighted by Gasteiger charge is -2.28. The van der Waals surface area contributed by atoms with Crippen molar-refractivity contribution in [3.63, 3.8) is 0 Å². The Hall–Kier alpha value is -0.970. The van der Waals surface area contributed by atoms with Crippen molar-refractivity contribution in [3.8, 4) is 0 Å². The van der Waals surface area contributed by atoms with E-state index in [1.807, 2.05) is 12.3 Å². The maximum atomic E-state index is 5.90. The monoisotopic (exact) mass is 249 g/mol. The summed E-state index contributed by atoms with van der Waals surface area (Å²) in [4.78, 5) is 4.15. The van der Waals surface area contributed by atoms with Gasteiger partial charge in [-0.15, -0.1) is 0 Å². The van der Waals surface area contributed by atoms with E-state index in [9.17, 15) is 0 Å². The van der Waals surface area contributed by atoms with Crippen LogP contribution in [0.5, 0.6) is 0 Å². The van der Waals surface area contributed by atoms with Crippen LogP contribution >= 0.6 is 0 Å². The van der Waals surface area contributed by atoms with Crippen molar-refractivity contribution >= 4 is 0 Å². The molecule has 1 aromatic rings. The highest BCUT2D eigenvalue weighted by Crippen LogP contribution is 2.35. The molecule has 1 aromatic heterocycles. The average Bonchev–Trinajstić information content (AvgIpc) is 2.62. The number of nitrogens with one attached hydrogen (secondary N) is 1. The van der Waals surface area contributed by atoms with E-state index >= 15 is 0 Å². The van der Waals surface area contributed by atoms with Crippen LogP contribution in [0.1, 0.15) is 26.3 Å². The second-order valence-electron chi connectivity index (χ2n) is 5.32.